The van der Waals surface area contributed by atoms with E-state index in [-0.39, 0.29) is 18.1 Å². The van der Waals surface area contributed by atoms with Crippen molar-refractivity contribution in [1.29, 1.82) is 0 Å². The van der Waals surface area contributed by atoms with Crippen molar-refractivity contribution in [3.8, 4) is 0 Å². The molecular formula is C9H19N3O2. The van der Waals surface area contributed by atoms with Crippen LogP contribution in [-0.2, 0) is 9.53 Å². The average Bonchev–Trinajstić information content (AvgIpc) is 2.12. The van der Waals surface area contributed by atoms with E-state index < -0.39 is 0 Å². The minimum Gasteiger partial charge on any atom is -0.373 e. The SMILES string of the molecule is C[C@@H]1CN(CCC(=O)NN)C[C@H](C)O1. The summed E-state index contributed by atoms with van der Waals surface area (Å²) in [6, 6.07) is 0. The number of nitrogens with two attached hydrogens (primary N) is 1. The third-order valence-electron chi connectivity index (χ3n) is 2.31. The third kappa shape index (κ3) is 3.61. The van der Waals surface area contributed by atoms with Crippen LogP contribution in [0.5, 0.6) is 0 Å². The van der Waals surface area contributed by atoms with Gasteiger partial charge in [0, 0.05) is 26.1 Å². The first-order valence-electron chi connectivity index (χ1n) is 4.99. The normalized spacial score (nSPS) is 28.8. The Morgan fingerprint density at radius 3 is 2.57 bits per heavy atom. The van der Waals surface area contributed by atoms with Crippen LogP contribution in [-0.4, -0.2) is 42.6 Å². The highest BCUT2D eigenvalue weighted by atomic mass is 16.5. The van der Waals surface area contributed by atoms with Gasteiger partial charge in [-0.15, -0.1) is 0 Å². The van der Waals surface area contributed by atoms with Gasteiger partial charge in [0.05, 0.1) is 12.2 Å². The van der Waals surface area contributed by atoms with Crippen LogP contribution in [0, 0.1) is 0 Å². The topological polar surface area (TPSA) is 67.6 Å². The van der Waals surface area contributed by atoms with Gasteiger partial charge >= 0.3 is 0 Å². The quantitative estimate of drug-likeness (QED) is 0.366. The number of rotatable bonds is 3. The van der Waals surface area contributed by atoms with Gasteiger partial charge < -0.3 is 4.74 Å². The van der Waals surface area contributed by atoms with Crippen LogP contribution in [0.3, 0.4) is 0 Å². The minimum atomic E-state index is -0.114. The van der Waals surface area contributed by atoms with Gasteiger partial charge in [-0.2, -0.15) is 0 Å². The summed E-state index contributed by atoms with van der Waals surface area (Å²) in [4.78, 5) is 13.2. The van der Waals surface area contributed by atoms with E-state index in [1.54, 1.807) is 0 Å². The number of nitrogens with zero attached hydrogens (tertiary/aromatic N) is 1. The number of nitrogens with one attached hydrogen (secondary N) is 1. The zero-order chi connectivity index (χ0) is 10.6. The number of ether oxygens (including phenoxy) is 1. The third-order valence-corrected chi connectivity index (χ3v) is 2.31. The Bertz CT molecular complexity index is 188. The second kappa shape index (κ2) is 5.29. The molecule has 82 valence electrons. The number of hydrogen-bond acceptors (Lipinski definition) is 4. The Hall–Kier alpha value is -0.650. The Morgan fingerprint density at radius 1 is 1.50 bits per heavy atom. The van der Waals surface area contributed by atoms with Crippen LogP contribution in [0.25, 0.3) is 0 Å². The molecule has 0 radical (unpaired) electrons. The lowest BCUT2D eigenvalue weighted by atomic mass is 10.2. The molecule has 1 rings (SSSR count). The molecule has 1 aliphatic heterocycles. The van der Waals surface area contributed by atoms with E-state index in [0.717, 1.165) is 19.6 Å². The van der Waals surface area contributed by atoms with E-state index in [4.69, 9.17) is 10.6 Å². The number of hydrogen-bond donors (Lipinski definition) is 2. The van der Waals surface area contributed by atoms with Gasteiger partial charge in [0.15, 0.2) is 0 Å². The summed E-state index contributed by atoms with van der Waals surface area (Å²) in [5, 5.41) is 0. The second-order valence-corrected chi connectivity index (χ2v) is 3.83. The van der Waals surface area contributed by atoms with Crippen molar-refractivity contribution >= 4 is 5.91 Å². The van der Waals surface area contributed by atoms with Gasteiger partial charge in [-0.05, 0) is 13.8 Å². The lowest BCUT2D eigenvalue weighted by molar-refractivity contribution is -0.122. The average molecular weight is 201 g/mol. The first kappa shape index (κ1) is 11.4. The van der Waals surface area contributed by atoms with Gasteiger partial charge in [0.2, 0.25) is 5.91 Å². The van der Waals surface area contributed by atoms with Gasteiger partial charge in [-0.3, -0.25) is 15.1 Å². The zero-order valence-corrected chi connectivity index (χ0v) is 8.82. The molecule has 2 atom stereocenters. The summed E-state index contributed by atoms with van der Waals surface area (Å²) in [5.41, 5.74) is 2.13. The zero-order valence-electron chi connectivity index (χ0n) is 8.82. The van der Waals surface area contributed by atoms with Gasteiger partial charge in [0.1, 0.15) is 0 Å². The summed E-state index contributed by atoms with van der Waals surface area (Å²) < 4.78 is 5.58. The molecule has 1 saturated heterocycles. The van der Waals surface area contributed by atoms with E-state index >= 15 is 0 Å². The van der Waals surface area contributed by atoms with Crippen LogP contribution in [0.15, 0.2) is 0 Å². The molecule has 1 aliphatic rings. The van der Waals surface area contributed by atoms with Gasteiger partial charge in [-0.1, -0.05) is 0 Å². The predicted octanol–water partition coefficient (Wildman–Crippen LogP) is -0.524. The molecule has 0 unspecified atom stereocenters. The number of carbonyl (C=O) groups excluding carboxylic acids is 1. The van der Waals surface area contributed by atoms with Crippen molar-refractivity contribution in [1.82, 2.24) is 10.3 Å². The van der Waals surface area contributed by atoms with Gasteiger partial charge in [-0.25, -0.2) is 5.84 Å². The van der Waals surface area contributed by atoms with E-state index in [1.807, 2.05) is 13.8 Å². The first-order chi connectivity index (χ1) is 6.61. The monoisotopic (exact) mass is 201 g/mol. The molecule has 1 heterocycles. The van der Waals surface area contributed by atoms with Crippen molar-refractivity contribution < 1.29 is 9.53 Å². The van der Waals surface area contributed by atoms with Crippen molar-refractivity contribution in [2.75, 3.05) is 19.6 Å². The molecule has 0 aliphatic carbocycles. The van der Waals surface area contributed by atoms with Crippen LogP contribution >= 0.6 is 0 Å². The fourth-order valence-electron chi connectivity index (χ4n) is 1.80. The lowest BCUT2D eigenvalue weighted by Crippen LogP contribution is -2.46. The van der Waals surface area contributed by atoms with Crippen molar-refractivity contribution in [2.45, 2.75) is 32.5 Å². The minimum absolute atomic E-state index is 0.114. The molecule has 0 spiro atoms. The van der Waals surface area contributed by atoms with Gasteiger partial charge in [0.25, 0.3) is 0 Å². The van der Waals surface area contributed by atoms with E-state index in [9.17, 15) is 4.79 Å². The molecule has 14 heavy (non-hydrogen) atoms. The summed E-state index contributed by atoms with van der Waals surface area (Å²) in [5.74, 6) is 4.89. The molecule has 0 aromatic heterocycles. The molecule has 5 heteroatoms. The molecule has 1 amide bonds. The van der Waals surface area contributed by atoms with E-state index in [2.05, 4.69) is 10.3 Å². The largest absolute Gasteiger partial charge is 0.373 e. The molecule has 0 aromatic rings. The number of amides is 1. The summed E-state index contributed by atoms with van der Waals surface area (Å²) >= 11 is 0. The summed E-state index contributed by atoms with van der Waals surface area (Å²) in [6.07, 6.45) is 0.954. The Kier molecular flexibility index (Phi) is 4.31. The molecule has 0 bridgehead atoms. The second-order valence-electron chi connectivity index (χ2n) is 3.83. The lowest BCUT2D eigenvalue weighted by Gasteiger charge is -2.35. The Balaban J connectivity index is 2.26. The summed E-state index contributed by atoms with van der Waals surface area (Å²) in [7, 11) is 0. The maximum Gasteiger partial charge on any atom is 0.235 e. The van der Waals surface area contributed by atoms with Crippen LogP contribution in [0.4, 0.5) is 0 Å². The Labute approximate surface area is 84.5 Å². The number of morpholine rings is 1. The van der Waals surface area contributed by atoms with Crippen molar-refractivity contribution in [3.05, 3.63) is 0 Å². The highest BCUT2D eigenvalue weighted by molar-refractivity contribution is 5.75. The molecule has 1 fully saturated rings. The molecule has 0 saturated carbocycles. The fraction of sp³-hybridized carbons (Fsp3) is 0.889. The summed E-state index contributed by atoms with van der Waals surface area (Å²) in [6.45, 7) is 6.63. The van der Waals surface area contributed by atoms with E-state index in [1.165, 1.54) is 0 Å². The van der Waals surface area contributed by atoms with E-state index in [0.29, 0.717) is 6.42 Å². The predicted molar refractivity (Wildman–Crippen MR) is 53.4 cm³/mol. The highest BCUT2D eigenvalue weighted by Crippen LogP contribution is 2.10. The van der Waals surface area contributed by atoms with Crippen molar-refractivity contribution in [2.24, 2.45) is 5.84 Å². The molecular weight excluding hydrogens is 182 g/mol. The number of carbonyl (C=O) groups is 1. The fourth-order valence-corrected chi connectivity index (χ4v) is 1.80. The van der Waals surface area contributed by atoms with Crippen molar-refractivity contribution in [3.63, 3.8) is 0 Å². The smallest absolute Gasteiger partial charge is 0.235 e. The number of hydrazine groups is 1. The maximum atomic E-state index is 10.9. The molecule has 0 aromatic carbocycles. The van der Waals surface area contributed by atoms with Crippen LogP contribution in [0.1, 0.15) is 20.3 Å². The van der Waals surface area contributed by atoms with Crippen LogP contribution < -0.4 is 11.3 Å². The van der Waals surface area contributed by atoms with Crippen LogP contribution in [0.2, 0.25) is 0 Å². The Morgan fingerprint density at radius 2 is 2.07 bits per heavy atom. The maximum absolute atomic E-state index is 10.9. The first-order valence-corrected chi connectivity index (χ1v) is 4.99. The molecule has 3 N–H and O–H groups in total. The standard InChI is InChI=1S/C9H19N3O2/c1-7-5-12(6-8(2)14-7)4-3-9(13)11-10/h7-8H,3-6,10H2,1-2H3,(H,11,13)/t7-,8+. The highest BCUT2D eigenvalue weighted by Gasteiger charge is 2.21. The molecule has 5 nitrogen and oxygen atoms in total.